The number of likely N-dealkylation sites (tertiary alicyclic amines) is 1. The van der Waals surface area contributed by atoms with Crippen molar-refractivity contribution in [2.24, 2.45) is 5.92 Å². The molecule has 132 valence electrons. The van der Waals surface area contributed by atoms with E-state index in [1.807, 2.05) is 12.1 Å². The van der Waals surface area contributed by atoms with Gasteiger partial charge in [-0.05, 0) is 30.5 Å². The van der Waals surface area contributed by atoms with Gasteiger partial charge in [0.15, 0.2) is 0 Å². The summed E-state index contributed by atoms with van der Waals surface area (Å²) < 4.78 is 0. The summed E-state index contributed by atoms with van der Waals surface area (Å²) >= 11 is 0. The van der Waals surface area contributed by atoms with Crippen LogP contribution in [-0.2, 0) is 16.0 Å². The molecule has 1 fully saturated rings. The van der Waals surface area contributed by atoms with Crippen LogP contribution in [0.4, 0.5) is 0 Å². The Kier molecular flexibility index (Phi) is 5.23. The van der Waals surface area contributed by atoms with Gasteiger partial charge < -0.3 is 15.1 Å². The summed E-state index contributed by atoms with van der Waals surface area (Å²) in [6.07, 6.45) is 5.79. The number of aliphatic carboxylic acids is 1. The zero-order valence-corrected chi connectivity index (χ0v) is 13.8. The molecule has 3 heterocycles. The van der Waals surface area contributed by atoms with E-state index in [1.165, 1.54) is 0 Å². The Bertz CT molecular complexity index is 775. The molecule has 2 aromatic rings. The highest BCUT2D eigenvalue weighted by Crippen LogP contribution is 2.25. The van der Waals surface area contributed by atoms with Crippen molar-refractivity contribution in [1.29, 1.82) is 0 Å². The number of β-amino-alcohol motifs (C(OH)–C–C–N with tert-alkyl or cyclic N) is 1. The van der Waals surface area contributed by atoms with E-state index in [2.05, 4.69) is 9.97 Å². The molecule has 2 N–H and O–H groups in total. The predicted molar refractivity (Wildman–Crippen MR) is 90.8 cm³/mol. The van der Waals surface area contributed by atoms with Gasteiger partial charge in [0.05, 0.1) is 11.6 Å². The van der Waals surface area contributed by atoms with E-state index in [0.29, 0.717) is 25.9 Å². The van der Waals surface area contributed by atoms with Crippen LogP contribution in [0.2, 0.25) is 0 Å². The lowest BCUT2D eigenvalue weighted by atomic mass is 9.95. The molecule has 2 atom stereocenters. The minimum absolute atomic E-state index is 0.0123. The summed E-state index contributed by atoms with van der Waals surface area (Å²) in [5, 5.41) is 19.9. The van der Waals surface area contributed by atoms with Gasteiger partial charge in [0.25, 0.3) is 0 Å². The standard InChI is InChI=1S/C18H21N3O4/c22-16-11-21(17(23)2-1-3-18(24)25)10-13(16)8-12-4-7-20-15-5-6-19-9-14(12)15/h4-7,9,13,16,22H,1-3,8,10-11H2,(H,24,25)/t13-,16+/m0/s1. The number of aliphatic hydroxyl groups excluding tert-OH is 1. The quantitative estimate of drug-likeness (QED) is 0.818. The molecule has 0 aromatic carbocycles. The van der Waals surface area contributed by atoms with E-state index < -0.39 is 12.1 Å². The molecule has 0 unspecified atom stereocenters. The van der Waals surface area contributed by atoms with Gasteiger partial charge in [-0.2, -0.15) is 0 Å². The summed E-state index contributed by atoms with van der Waals surface area (Å²) in [6, 6.07) is 3.77. The Morgan fingerprint density at radius 2 is 2.04 bits per heavy atom. The van der Waals surface area contributed by atoms with Crippen molar-refractivity contribution in [2.75, 3.05) is 13.1 Å². The number of aromatic nitrogens is 2. The number of hydrogen-bond acceptors (Lipinski definition) is 5. The third-order valence-corrected chi connectivity index (χ3v) is 4.66. The van der Waals surface area contributed by atoms with Gasteiger partial charge in [-0.3, -0.25) is 19.6 Å². The third-order valence-electron chi connectivity index (χ3n) is 4.66. The Hall–Kier alpha value is -2.54. The molecule has 3 rings (SSSR count). The van der Waals surface area contributed by atoms with Crippen LogP contribution in [0, 0.1) is 5.92 Å². The number of nitrogens with zero attached hydrogens (tertiary/aromatic N) is 3. The second-order valence-electron chi connectivity index (χ2n) is 6.44. The summed E-state index contributed by atoms with van der Waals surface area (Å²) in [6.45, 7) is 0.787. The van der Waals surface area contributed by atoms with Crippen molar-refractivity contribution >= 4 is 22.8 Å². The molecule has 1 amide bonds. The van der Waals surface area contributed by atoms with E-state index >= 15 is 0 Å². The topological polar surface area (TPSA) is 104 Å². The fourth-order valence-corrected chi connectivity index (χ4v) is 3.31. The predicted octanol–water partition coefficient (Wildman–Crippen LogP) is 1.25. The van der Waals surface area contributed by atoms with E-state index in [-0.39, 0.29) is 24.7 Å². The number of pyridine rings is 2. The SMILES string of the molecule is O=C(O)CCCC(=O)N1C[C@H](Cc2ccnc3ccncc23)[C@H](O)C1. The second kappa shape index (κ2) is 7.57. The highest BCUT2D eigenvalue weighted by Gasteiger charge is 2.33. The van der Waals surface area contributed by atoms with Gasteiger partial charge in [0.1, 0.15) is 0 Å². The minimum Gasteiger partial charge on any atom is -0.481 e. The summed E-state index contributed by atoms with van der Waals surface area (Å²) in [5.74, 6) is -1.04. The molecule has 7 heteroatoms. The average Bonchev–Trinajstić information content (AvgIpc) is 2.96. The van der Waals surface area contributed by atoms with E-state index in [4.69, 9.17) is 5.11 Å². The Balaban J connectivity index is 1.64. The van der Waals surface area contributed by atoms with Gasteiger partial charge >= 0.3 is 5.97 Å². The molecular formula is C18H21N3O4. The lowest BCUT2D eigenvalue weighted by Crippen LogP contribution is -2.29. The summed E-state index contributed by atoms with van der Waals surface area (Å²) in [4.78, 5) is 32.8. The number of fused-ring (bicyclic) bond motifs is 1. The van der Waals surface area contributed by atoms with Gasteiger partial charge in [0.2, 0.25) is 5.91 Å². The van der Waals surface area contributed by atoms with Crippen LogP contribution in [-0.4, -0.2) is 56.2 Å². The molecule has 0 spiro atoms. The van der Waals surface area contributed by atoms with Crippen molar-refractivity contribution in [2.45, 2.75) is 31.8 Å². The third kappa shape index (κ3) is 4.11. The van der Waals surface area contributed by atoms with Gasteiger partial charge in [0, 0.05) is 55.8 Å². The number of carboxylic acid groups (broad SMARTS) is 1. The van der Waals surface area contributed by atoms with E-state index in [1.54, 1.807) is 23.5 Å². The van der Waals surface area contributed by atoms with Crippen LogP contribution in [0.3, 0.4) is 0 Å². The number of hydrogen-bond donors (Lipinski definition) is 2. The average molecular weight is 343 g/mol. The zero-order chi connectivity index (χ0) is 17.8. The summed E-state index contributed by atoms with van der Waals surface area (Å²) in [5.41, 5.74) is 1.92. The Morgan fingerprint density at radius 3 is 2.84 bits per heavy atom. The molecule has 1 aliphatic heterocycles. The monoisotopic (exact) mass is 343 g/mol. The molecular weight excluding hydrogens is 322 g/mol. The fraction of sp³-hybridized carbons (Fsp3) is 0.444. The Labute approximate surface area is 145 Å². The number of carboxylic acids is 1. The first-order chi connectivity index (χ1) is 12.0. The van der Waals surface area contributed by atoms with Crippen LogP contribution < -0.4 is 0 Å². The fourth-order valence-electron chi connectivity index (χ4n) is 3.31. The van der Waals surface area contributed by atoms with Crippen molar-refractivity contribution < 1.29 is 19.8 Å². The first-order valence-electron chi connectivity index (χ1n) is 8.40. The van der Waals surface area contributed by atoms with Crippen LogP contribution in [0.5, 0.6) is 0 Å². The number of aliphatic hydroxyl groups is 1. The van der Waals surface area contributed by atoms with Crippen LogP contribution in [0.15, 0.2) is 30.7 Å². The Morgan fingerprint density at radius 1 is 1.20 bits per heavy atom. The molecule has 0 saturated carbocycles. The lowest BCUT2D eigenvalue weighted by molar-refractivity contribution is -0.137. The molecule has 0 radical (unpaired) electrons. The van der Waals surface area contributed by atoms with Crippen molar-refractivity contribution in [3.05, 3.63) is 36.3 Å². The molecule has 2 aromatic heterocycles. The first kappa shape index (κ1) is 17.3. The van der Waals surface area contributed by atoms with Gasteiger partial charge in [-0.1, -0.05) is 0 Å². The largest absolute Gasteiger partial charge is 0.481 e. The lowest BCUT2D eigenvalue weighted by Gasteiger charge is -2.16. The molecule has 1 aliphatic rings. The highest BCUT2D eigenvalue weighted by molar-refractivity contribution is 5.81. The maximum Gasteiger partial charge on any atom is 0.303 e. The van der Waals surface area contributed by atoms with Crippen molar-refractivity contribution in [3.63, 3.8) is 0 Å². The van der Waals surface area contributed by atoms with Crippen LogP contribution in [0.1, 0.15) is 24.8 Å². The molecule has 25 heavy (non-hydrogen) atoms. The molecule has 0 bridgehead atoms. The normalized spacial score (nSPS) is 20.1. The van der Waals surface area contributed by atoms with Gasteiger partial charge in [-0.25, -0.2) is 0 Å². The maximum absolute atomic E-state index is 12.2. The zero-order valence-electron chi connectivity index (χ0n) is 13.8. The first-order valence-corrected chi connectivity index (χ1v) is 8.40. The molecule has 7 nitrogen and oxygen atoms in total. The molecule has 1 saturated heterocycles. The van der Waals surface area contributed by atoms with Gasteiger partial charge in [-0.15, -0.1) is 0 Å². The van der Waals surface area contributed by atoms with Crippen molar-refractivity contribution in [1.82, 2.24) is 14.9 Å². The van der Waals surface area contributed by atoms with E-state index in [9.17, 15) is 14.7 Å². The molecule has 0 aliphatic carbocycles. The summed E-state index contributed by atoms with van der Waals surface area (Å²) in [7, 11) is 0. The second-order valence-corrected chi connectivity index (χ2v) is 6.44. The van der Waals surface area contributed by atoms with Crippen LogP contribution in [0.25, 0.3) is 10.9 Å². The minimum atomic E-state index is -0.898. The number of carbonyl (C=O) groups excluding carboxylic acids is 1. The number of carbonyl (C=O) groups is 2. The maximum atomic E-state index is 12.2. The number of amides is 1. The van der Waals surface area contributed by atoms with Crippen LogP contribution >= 0.6 is 0 Å². The van der Waals surface area contributed by atoms with E-state index in [0.717, 1.165) is 16.5 Å². The highest BCUT2D eigenvalue weighted by atomic mass is 16.4. The smallest absolute Gasteiger partial charge is 0.303 e. The number of rotatable bonds is 6. The van der Waals surface area contributed by atoms with Crippen molar-refractivity contribution in [3.8, 4) is 0 Å².